The molecule has 0 atom stereocenters. The summed E-state index contributed by atoms with van der Waals surface area (Å²) in [5.41, 5.74) is -0.497. The smallest absolute Gasteiger partial charge is 0.387 e. The molecule has 0 saturated carbocycles. The van der Waals surface area contributed by atoms with E-state index in [9.17, 15) is 18.0 Å². The summed E-state index contributed by atoms with van der Waals surface area (Å²) in [6.45, 7) is -3.09. The molecule has 0 unspecified atom stereocenters. The Labute approximate surface area is 131 Å². The molecule has 0 aliphatic carbocycles. The number of hydrogen-bond acceptors (Lipinski definition) is 2. The van der Waals surface area contributed by atoms with Crippen molar-refractivity contribution >= 4 is 33.3 Å². The van der Waals surface area contributed by atoms with Crippen LogP contribution in [-0.4, -0.2) is 12.4 Å². The van der Waals surface area contributed by atoms with Crippen molar-refractivity contribution in [3.05, 3.63) is 62.8 Å². The molecule has 2 rings (SSSR count). The molecule has 0 aliphatic heterocycles. The fourth-order valence-corrected chi connectivity index (χ4v) is 2.17. The van der Waals surface area contributed by atoms with Crippen molar-refractivity contribution in [2.45, 2.75) is 6.61 Å². The number of para-hydroxylation sites is 1. The number of rotatable bonds is 4. The second kappa shape index (κ2) is 6.49. The van der Waals surface area contributed by atoms with E-state index in [1.165, 1.54) is 24.3 Å². The van der Waals surface area contributed by atoms with Crippen molar-refractivity contribution in [2.24, 2.45) is 0 Å². The molecular weight excluding hydrogens is 373 g/mol. The molecule has 0 aliphatic rings. The van der Waals surface area contributed by atoms with Crippen molar-refractivity contribution in [3.63, 3.8) is 0 Å². The van der Waals surface area contributed by atoms with Crippen LogP contribution in [0.3, 0.4) is 0 Å². The third-order valence-electron chi connectivity index (χ3n) is 2.60. The summed E-state index contributed by atoms with van der Waals surface area (Å²) in [6, 6.07) is 7.53. The van der Waals surface area contributed by atoms with Gasteiger partial charge in [-0.15, -0.1) is 0 Å². The van der Waals surface area contributed by atoms with Crippen molar-refractivity contribution in [2.75, 3.05) is 0 Å². The number of benzene rings is 2. The van der Waals surface area contributed by atoms with Crippen molar-refractivity contribution in [1.82, 2.24) is 0 Å². The van der Waals surface area contributed by atoms with Gasteiger partial charge >= 0.3 is 6.61 Å². The first-order chi connectivity index (χ1) is 9.90. The van der Waals surface area contributed by atoms with E-state index < -0.39 is 18.2 Å². The molecule has 0 spiro atoms. The lowest BCUT2D eigenvalue weighted by Crippen LogP contribution is -2.10. The first kappa shape index (κ1) is 15.9. The van der Waals surface area contributed by atoms with Crippen LogP contribution >= 0.6 is 27.5 Å². The summed E-state index contributed by atoms with van der Waals surface area (Å²) in [4.78, 5) is 12.3. The molecule has 2 aromatic carbocycles. The Morgan fingerprint density at radius 3 is 2.52 bits per heavy atom. The zero-order valence-electron chi connectivity index (χ0n) is 10.2. The van der Waals surface area contributed by atoms with Gasteiger partial charge in [0.15, 0.2) is 5.78 Å². The lowest BCUT2D eigenvalue weighted by molar-refractivity contribution is -0.0501. The summed E-state index contributed by atoms with van der Waals surface area (Å²) in [7, 11) is 0. The van der Waals surface area contributed by atoms with E-state index in [1.807, 2.05) is 0 Å². The predicted octanol–water partition coefficient (Wildman–Crippen LogP) is 5.07. The molecule has 0 amide bonds. The van der Waals surface area contributed by atoms with Crippen LogP contribution in [0.15, 0.2) is 40.9 Å². The molecule has 21 heavy (non-hydrogen) atoms. The van der Waals surface area contributed by atoms with Gasteiger partial charge in [0.05, 0.1) is 16.1 Å². The van der Waals surface area contributed by atoms with Gasteiger partial charge in [-0.3, -0.25) is 4.79 Å². The van der Waals surface area contributed by atoms with Crippen molar-refractivity contribution in [1.29, 1.82) is 0 Å². The summed E-state index contributed by atoms with van der Waals surface area (Å²) < 4.78 is 43.1. The Kier molecular flexibility index (Phi) is 4.90. The molecule has 0 heterocycles. The lowest BCUT2D eigenvalue weighted by Gasteiger charge is -2.10. The minimum atomic E-state index is -3.09. The van der Waals surface area contributed by atoms with Crippen LogP contribution in [0.2, 0.25) is 5.02 Å². The third-order valence-corrected chi connectivity index (χ3v) is 3.80. The quantitative estimate of drug-likeness (QED) is 0.547. The zero-order valence-corrected chi connectivity index (χ0v) is 12.6. The van der Waals surface area contributed by atoms with Crippen LogP contribution in [0.25, 0.3) is 0 Å². The van der Waals surface area contributed by atoms with Crippen LogP contribution in [0.4, 0.5) is 13.2 Å². The van der Waals surface area contributed by atoms with Crippen molar-refractivity contribution in [3.8, 4) is 5.75 Å². The normalized spacial score (nSPS) is 10.8. The Morgan fingerprint density at radius 1 is 1.19 bits per heavy atom. The monoisotopic (exact) mass is 378 g/mol. The van der Waals surface area contributed by atoms with E-state index in [0.717, 1.165) is 12.1 Å². The standard InChI is InChI=1S/C14H7BrClF3O2/c15-9-6-11(17)8(5-10(9)16)13(20)7-3-1-2-4-12(7)21-14(18)19/h1-6,14H. The highest BCUT2D eigenvalue weighted by molar-refractivity contribution is 9.10. The van der Waals surface area contributed by atoms with Crippen LogP contribution < -0.4 is 4.74 Å². The van der Waals surface area contributed by atoms with Gasteiger partial charge in [0.25, 0.3) is 0 Å². The predicted molar refractivity (Wildman–Crippen MR) is 75.6 cm³/mol. The second-order valence-electron chi connectivity index (χ2n) is 3.95. The molecular formula is C14H7BrClF3O2. The van der Waals surface area contributed by atoms with Gasteiger partial charge < -0.3 is 4.74 Å². The highest BCUT2D eigenvalue weighted by Crippen LogP contribution is 2.29. The number of ether oxygens (including phenoxy) is 1. The molecule has 0 fully saturated rings. The summed E-state index contributed by atoms with van der Waals surface area (Å²) >= 11 is 8.85. The molecule has 7 heteroatoms. The van der Waals surface area contributed by atoms with Crippen LogP contribution in [0.5, 0.6) is 5.75 Å². The van der Waals surface area contributed by atoms with Crippen LogP contribution in [0.1, 0.15) is 15.9 Å². The number of carbonyl (C=O) groups excluding carboxylic acids is 1. The zero-order chi connectivity index (χ0) is 15.6. The first-order valence-electron chi connectivity index (χ1n) is 5.63. The van der Waals surface area contributed by atoms with Gasteiger partial charge in [-0.05, 0) is 40.2 Å². The van der Waals surface area contributed by atoms with E-state index in [0.29, 0.717) is 0 Å². The summed E-state index contributed by atoms with van der Waals surface area (Å²) in [5.74, 6) is -1.93. The third kappa shape index (κ3) is 3.57. The first-order valence-corrected chi connectivity index (χ1v) is 6.80. The molecule has 0 radical (unpaired) electrons. The maximum absolute atomic E-state index is 13.9. The SMILES string of the molecule is O=C(c1cc(Cl)c(Br)cc1F)c1ccccc1OC(F)F. The van der Waals surface area contributed by atoms with Gasteiger partial charge in [-0.1, -0.05) is 23.7 Å². The van der Waals surface area contributed by atoms with Gasteiger partial charge in [0, 0.05) is 4.47 Å². The maximum atomic E-state index is 13.9. The highest BCUT2D eigenvalue weighted by Gasteiger charge is 2.21. The molecule has 2 aromatic rings. The molecule has 0 N–H and O–H groups in total. The number of halogens is 5. The molecule has 2 nitrogen and oxygen atoms in total. The average molecular weight is 380 g/mol. The largest absolute Gasteiger partial charge is 0.434 e. The van der Waals surface area contributed by atoms with Gasteiger partial charge in [-0.2, -0.15) is 8.78 Å². The number of alkyl halides is 2. The highest BCUT2D eigenvalue weighted by atomic mass is 79.9. The van der Waals surface area contributed by atoms with E-state index in [1.54, 1.807) is 0 Å². The minimum absolute atomic E-state index is 0.131. The van der Waals surface area contributed by atoms with Crippen LogP contribution in [0, 0.1) is 5.82 Å². The molecule has 0 bridgehead atoms. The Hall–Kier alpha value is -1.53. The van der Waals surface area contributed by atoms with E-state index >= 15 is 0 Å². The molecule has 0 aromatic heterocycles. The second-order valence-corrected chi connectivity index (χ2v) is 5.21. The summed E-state index contributed by atoms with van der Waals surface area (Å²) in [6.07, 6.45) is 0. The Balaban J connectivity index is 2.48. The van der Waals surface area contributed by atoms with E-state index in [2.05, 4.69) is 20.7 Å². The molecule has 0 saturated heterocycles. The number of hydrogen-bond donors (Lipinski definition) is 0. The van der Waals surface area contributed by atoms with E-state index in [-0.39, 0.29) is 26.4 Å². The van der Waals surface area contributed by atoms with Crippen molar-refractivity contribution < 1.29 is 22.7 Å². The fraction of sp³-hybridized carbons (Fsp3) is 0.0714. The van der Waals surface area contributed by atoms with E-state index in [4.69, 9.17) is 11.6 Å². The van der Waals surface area contributed by atoms with Crippen LogP contribution in [-0.2, 0) is 0 Å². The fourth-order valence-electron chi connectivity index (χ4n) is 1.69. The van der Waals surface area contributed by atoms with Gasteiger partial charge in [0.1, 0.15) is 11.6 Å². The maximum Gasteiger partial charge on any atom is 0.387 e. The van der Waals surface area contributed by atoms with Gasteiger partial charge in [-0.25, -0.2) is 4.39 Å². The lowest BCUT2D eigenvalue weighted by atomic mass is 10.0. The number of carbonyl (C=O) groups is 1. The Morgan fingerprint density at radius 2 is 1.86 bits per heavy atom. The topological polar surface area (TPSA) is 26.3 Å². The average Bonchev–Trinajstić information content (AvgIpc) is 2.42. The molecule has 110 valence electrons. The number of ketones is 1. The summed E-state index contributed by atoms with van der Waals surface area (Å²) in [5, 5.41) is 0.131. The minimum Gasteiger partial charge on any atom is -0.434 e. The van der Waals surface area contributed by atoms with Gasteiger partial charge in [0.2, 0.25) is 0 Å². The Bertz CT molecular complexity index is 692.